The van der Waals surface area contributed by atoms with Crippen molar-refractivity contribution in [3.8, 4) is 0 Å². The normalized spacial score (nSPS) is 21.8. The van der Waals surface area contributed by atoms with Gasteiger partial charge in [-0.15, -0.1) is 11.8 Å². The van der Waals surface area contributed by atoms with Gasteiger partial charge in [-0.3, -0.25) is 14.9 Å². The Hall–Kier alpha value is -1.56. The number of thioether (sulfide) groups is 1. The first-order valence-corrected chi connectivity index (χ1v) is 8.38. The van der Waals surface area contributed by atoms with Crippen LogP contribution < -0.4 is 5.32 Å². The van der Waals surface area contributed by atoms with Gasteiger partial charge in [0.25, 0.3) is 11.6 Å². The molecule has 0 aliphatic heterocycles. The van der Waals surface area contributed by atoms with Gasteiger partial charge in [0, 0.05) is 17.0 Å². The first kappa shape index (κ1) is 15.8. The van der Waals surface area contributed by atoms with Gasteiger partial charge in [0.15, 0.2) is 0 Å². The van der Waals surface area contributed by atoms with Crippen LogP contribution in [-0.2, 0) is 0 Å². The van der Waals surface area contributed by atoms with Gasteiger partial charge >= 0.3 is 0 Å². The van der Waals surface area contributed by atoms with Crippen molar-refractivity contribution in [2.75, 3.05) is 6.26 Å². The highest BCUT2D eigenvalue weighted by molar-refractivity contribution is 7.98. The van der Waals surface area contributed by atoms with E-state index >= 15 is 0 Å². The van der Waals surface area contributed by atoms with Crippen molar-refractivity contribution in [3.63, 3.8) is 0 Å². The number of nitrogens with one attached hydrogen (secondary N) is 1. The highest BCUT2D eigenvalue weighted by Gasteiger charge is 2.26. The predicted molar refractivity (Wildman–Crippen MR) is 83.8 cm³/mol. The molecule has 2 unspecified atom stereocenters. The van der Waals surface area contributed by atoms with Crippen LogP contribution in [0.5, 0.6) is 0 Å². The molecule has 0 radical (unpaired) electrons. The Kier molecular flexibility index (Phi) is 5.22. The molecule has 114 valence electrons. The number of amides is 1. The largest absolute Gasteiger partial charge is 0.349 e. The van der Waals surface area contributed by atoms with Crippen molar-refractivity contribution < 1.29 is 9.72 Å². The van der Waals surface area contributed by atoms with Gasteiger partial charge in [-0.25, -0.2) is 0 Å². The van der Waals surface area contributed by atoms with Gasteiger partial charge in [-0.1, -0.05) is 19.8 Å². The number of nitrogens with zero attached hydrogens (tertiary/aromatic N) is 1. The van der Waals surface area contributed by atoms with Gasteiger partial charge in [-0.05, 0) is 37.1 Å². The van der Waals surface area contributed by atoms with Crippen molar-refractivity contribution in [3.05, 3.63) is 33.9 Å². The Balaban J connectivity index is 2.22. The Morgan fingerprint density at radius 2 is 2.10 bits per heavy atom. The molecule has 0 bridgehead atoms. The summed E-state index contributed by atoms with van der Waals surface area (Å²) in [5.41, 5.74) is 0.0263. The van der Waals surface area contributed by atoms with E-state index < -0.39 is 4.92 Å². The number of rotatable bonds is 4. The summed E-state index contributed by atoms with van der Waals surface area (Å²) in [7, 11) is 0. The van der Waals surface area contributed by atoms with E-state index in [1.165, 1.54) is 24.2 Å². The molecule has 1 N–H and O–H groups in total. The Morgan fingerprint density at radius 3 is 2.71 bits per heavy atom. The first-order chi connectivity index (χ1) is 10.0. The van der Waals surface area contributed by atoms with Crippen LogP contribution in [0.2, 0.25) is 0 Å². The van der Waals surface area contributed by atoms with E-state index in [0.29, 0.717) is 5.92 Å². The second kappa shape index (κ2) is 6.93. The minimum absolute atomic E-state index is 0.115. The highest BCUT2D eigenvalue weighted by Crippen LogP contribution is 2.27. The lowest BCUT2D eigenvalue weighted by molar-refractivity contribution is -0.385. The maximum Gasteiger partial charge on any atom is 0.282 e. The number of nitro benzene ring substituents is 1. The molecule has 5 nitrogen and oxygen atoms in total. The third kappa shape index (κ3) is 3.75. The quantitative estimate of drug-likeness (QED) is 0.524. The first-order valence-electron chi connectivity index (χ1n) is 7.16. The predicted octanol–water partition coefficient (Wildman–Crippen LogP) is 3.63. The molecule has 1 aliphatic carbocycles. The maximum atomic E-state index is 12.4. The number of benzene rings is 1. The second-order valence-electron chi connectivity index (χ2n) is 5.48. The van der Waals surface area contributed by atoms with Crippen molar-refractivity contribution in [2.24, 2.45) is 5.92 Å². The van der Waals surface area contributed by atoms with Crippen LogP contribution in [0, 0.1) is 16.0 Å². The zero-order valence-electron chi connectivity index (χ0n) is 12.3. The highest BCUT2D eigenvalue weighted by atomic mass is 32.2. The van der Waals surface area contributed by atoms with Crippen molar-refractivity contribution in [1.29, 1.82) is 0 Å². The molecule has 1 aliphatic rings. The lowest BCUT2D eigenvalue weighted by atomic mass is 9.86. The third-order valence-electron chi connectivity index (χ3n) is 4.07. The molecule has 0 aromatic heterocycles. The lowest BCUT2D eigenvalue weighted by Gasteiger charge is -2.29. The van der Waals surface area contributed by atoms with Crippen LogP contribution in [0.15, 0.2) is 23.1 Å². The van der Waals surface area contributed by atoms with Gasteiger partial charge in [-0.2, -0.15) is 0 Å². The molecular formula is C15H20N2O3S. The summed E-state index contributed by atoms with van der Waals surface area (Å²) in [6.45, 7) is 2.12. The average Bonchev–Trinajstić information content (AvgIpc) is 2.48. The molecular weight excluding hydrogens is 288 g/mol. The molecule has 2 rings (SSSR count). The fourth-order valence-electron chi connectivity index (χ4n) is 2.76. The number of nitro groups is 1. The van der Waals surface area contributed by atoms with Crippen LogP contribution in [0.3, 0.4) is 0 Å². The number of hydrogen-bond donors (Lipinski definition) is 1. The van der Waals surface area contributed by atoms with Gasteiger partial charge in [0.2, 0.25) is 0 Å². The third-order valence-corrected chi connectivity index (χ3v) is 4.80. The number of hydrogen-bond acceptors (Lipinski definition) is 4. The second-order valence-corrected chi connectivity index (χ2v) is 6.36. The molecule has 0 spiro atoms. The molecule has 0 heterocycles. The van der Waals surface area contributed by atoms with E-state index in [2.05, 4.69) is 12.2 Å². The number of carbonyl (C=O) groups is 1. The summed E-state index contributed by atoms with van der Waals surface area (Å²) < 4.78 is 0. The lowest BCUT2D eigenvalue weighted by Crippen LogP contribution is -2.41. The maximum absolute atomic E-state index is 12.4. The van der Waals surface area contributed by atoms with Gasteiger partial charge < -0.3 is 5.32 Å². The van der Waals surface area contributed by atoms with Crippen LogP contribution >= 0.6 is 11.8 Å². The van der Waals surface area contributed by atoms with E-state index in [4.69, 9.17) is 0 Å². The van der Waals surface area contributed by atoms with E-state index in [-0.39, 0.29) is 23.2 Å². The Bertz CT molecular complexity index is 548. The monoisotopic (exact) mass is 308 g/mol. The minimum Gasteiger partial charge on any atom is -0.349 e. The van der Waals surface area contributed by atoms with Crippen LogP contribution in [0.4, 0.5) is 5.69 Å². The van der Waals surface area contributed by atoms with E-state index in [9.17, 15) is 14.9 Å². The summed E-state index contributed by atoms with van der Waals surface area (Å²) in [4.78, 5) is 23.9. The van der Waals surface area contributed by atoms with E-state index in [1.54, 1.807) is 12.1 Å². The van der Waals surface area contributed by atoms with Crippen molar-refractivity contribution >= 4 is 23.4 Å². The SMILES string of the molecule is CSc1ccc([N+](=O)[O-])c(C(=O)NC2CCCCC2C)c1. The standard InChI is InChI=1S/C15H20N2O3S/c1-10-5-3-4-6-13(10)16-15(18)12-9-11(21-2)7-8-14(12)17(19)20/h7-10,13H,3-6H2,1-2H3,(H,16,18). The van der Waals surface area contributed by atoms with E-state index in [1.807, 2.05) is 6.26 Å². The minimum atomic E-state index is -0.497. The summed E-state index contributed by atoms with van der Waals surface area (Å²) in [5, 5.41) is 14.1. The van der Waals surface area contributed by atoms with Crippen molar-refractivity contribution in [1.82, 2.24) is 5.32 Å². The zero-order chi connectivity index (χ0) is 15.4. The molecule has 21 heavy (non-hydrogen) atoms. The fourth-order valence-corrected chi connectivity index (χ4v) is 3.20. The average molecular weight is 308 g/mol. The summed E-state index contributed by atoms with van der Waals surface area (Å²) in [6.07, 6.45) is 6.21. The van der Waals surface area contributed by atoms with E-state index in [0.717, 1.165) is 24.2 Å². The molecule has 1 amide bonds. The molecule has 0 saturated heterocycles. The number of carbonyl (C=O) groups excluding carboxylic acids is 1. The van der Waals surface area contributed by atoms with Crippen molar-refractivity contribution in [2.45, 2.75) is 43.5 Å². The molecule has 1 aromatic carbocycles. The summed E-state index contributed by atoms with van der Waals surface area (Å²) in [5.74, 6) is 0.0850. The molecule has 1 aromatic rings. The Morgan fingerprint density at radius 1 is 1.38 bits per heavy atom. The molecule has 6 heteroatoms. The van der Waals surface area contributed by atoms with Gasteiger partial charge in [0.05, 0.1) is 4.92 Å². The van der Waals surface area contributed by atoms with Crippen LogP contribution in [0.25, 0.3) is 0 Å². The Labute approximate surface area is 128 Å². The fraction of sp³-hybridized carbons (Fsp3) is 0.533. The topological polar surface area (TPSA) is 72.2 Å². The summed E-state index contributed by atoms with van der Waals surface area (Å²) >= 11 is 1.46. The summed E-state index contributed by atoms with van der Waals surface area (Å²) in [6, 6.07) is 4.79. The van der Waals surface area contributed by atoms with Crippen LogP contribution in [0.1, 0.15) is 43.0 Å². The zero-order valence-corrected chi connectivity index (χ0v) is 13.1. The smallest absolute Gasteiger partial charge is 0.282 e. The van der Waals surface area contributed by atoms with Crippen LogP contribution in [-0.4, -0.2) is 23.1 Å². The molecule has 1 fully saturated rings. The molecule has 2 atom stereocenters. The van der Waals surface area contributed by atoms with Gasteiger partial charge in [0.1, 0.15) is 5.56 Å². The molecule has 1 saturated carbocycles.